The number of thioether (sulfide) groups is 1. The van der Waals surface area contributed by atoms with Crippen molar-refractivity contribution in [3.63, 3.8) is 0 Å². The van der Waals surface area contributed by atoms with Gasteiger partial charge in [-0.25, -0.2) is 0 Å². The van der Waals surface area contributed by atoms with Crippen molar-refractivity contribution in [2.24, 2.45) is 0 Å². The van der Waals surface area contributed by atoms with Gasteiger partial charge in [0, 0.05) is 13.1 Å². The highest BCUT2D eigenvalue weighted by Gasteiger charge is 2.05. The van der Waals surface area contributed by atoms with E-state index in [2.05, 4.69) is 33.0 Å². The lowest BCUT2D eigenvalue weighted by Gasteiger charge is -2.07. The first-order valence-electron chi connectivity index (χ1n) is 8.75. The molecule has 2 aromatic carbocycles. The highest BCUT2D eigenvalue weighted by Crippen LogP contribution is 2.15. The van der Waals surface area contributed by atoms with Crippen molar-refractivity contribution in [1.82, 2.24) is 15.5 Å². The van der Waals surface area contributed by atoms with Crippen LogP contribution in [0.5, 0.6) is 0 Å². The van der Waals surface area contributed by atoms with Crippen LogP contribution in [-0.4, -0.2) is 21.9 Å². The van der Waals surface area contributed by atoms with Crippen LogP contribution in [-0.2, 0) is 17.9 Å². The second-order valence-corrected chi connectivity index (χ2v) is 7.14. The van der Waals surface area contributed by atoms with Crippen LogP contribution in [0.2, 0.25) is 0 Å². The molecule has 0 aliphatic heterocycles. The Kier molecular flexibility index (Phi) is 6.82. The Morgan fingerprint density at radius 2 is 1.63 bits per heavy atom. The van der Waals surface area contributed by atoms with Gasteiger partial charge in [-0.3, -0.25) is 4.79 Å². The van der Waals surface area contributed by atoms with E-state index in [9.17, 15) is 4.79 Å². The molecule has 5 nitrogen and oxygen atoms in total. The van der Waals surface area contributed by atoms with Crippen LogP contribution in [0, 0.1) is 6.92 Å². The monoisotopic (exact) mass is 378 g/mol. The molecule has 0 saturated heterocycles. The summed E-state index contributed by atoms with van der Waals surface area (Å²) < 4.78 is 0. The third-order valence-electron chi connectivity index (χ3n) is 3.92. The van der Waals surface area contributed by atoms with Crippen LogP contribution in [0.3, 0.4) is 0 Å². The molecule has 138 valence electrons. The fourth-order valence-corrected chi connectivity index (χ4v) is 3.02. The van der Waals surface area contributed by atoms with Crippen molar-refractivity contribution in [2.75, 3.05) is 11.1 Å². The predicted molar refractivity (Wildman–Crippen MR) is 110 cm³/mol. The molecule has 1 amide bonds. The molecule has 1 aromatic heterocycles. The van der Waals surface area contributed by atoms with Gasteiger partial charge in [0.05, 0.1) is 5.75 Å². The first kappa shape index (κ1) is 18.9. The lowest BCUT2D eigenvalue weighted by Crippen LogP contribution is -2.24. The number of aryl methyl sites for hydroxylation is 1. The minimum atomic E-state index is -0.0198. The summed E-state index contributed by atoms with van der Waals surface area (Å²) in [6, 6.07) is 22.0. The van der Waals surface area contributed by atoms with Crippen LogP contribution in [0.1, 0.15) is 16.7 Å². The number of carbonyl (C=O) groups excluding carboxylic acids is 1. The summed E-state index contributed by atoms with van der Waals surface area (Å²) >= 11 is 1.38. The summed E-state index contributed by atoms with van der Waals surface area (Å²) in [7, 11) is 0. The number of hydrogen-bond donors (Lipinski definition) is 2. The van der Waals surface area contributed by atoms with Crippen molar-refractivity contribution in [3.8, 4) is 0 Å². The van der Waals surface area contributed by atoms with Gasteiger partial charge < -0.3 is 10.6 Å². The number of nitrogens with one attached hydrogen (secondary N) is 2. The molecule has 2 N–H and O–H groups in total. The smallest absolute Gasteiger partial charge is 0.230 e. The summed E-state index contributed by atoms with van der Waals surface area (Å²) in [5.41, 5.74) is 3.48. The van der Waals surface area contributed by atoms with Gasteiger partial charge in [-0.2, -0.15) is 0 Å². The fraction of sp³-hybridized carbons (Fsp3) is 0.190. The summed E-state index contributed by atoms with van der Waals surface area (Å²) in [6.45, 7) is 3.28. The predicted octanol–water partition coefficient (Wildman–Crippen LogP) is 3.81. The molecule has 6 heteroatoms. The van der Waals surface area contributed by atoms with Gasteiger partial charge in [0.1, 0.15) is 10.8 Å². The van der Waals surface area contributed by atoms with Crippen molar-refractivity contribution in [3.05, 3.63) is 83.4 Å². The summed E-state index contributed by atoms with van der Waals surface area (Å²) in [4.78, 5) is 12.0. The molecule has 0 atom stereocenters. The Hall–Kier alpha value is -2.86. The number of anilines is 1. The van der Waals surface area contributed by atoms with E-state index in [0.717, 1.165) is 10.6 Å². The maximum atomic E-state index is 12.0. The molecule has 0 unspecified atom stereocenters. The van der Waals surface area contributed by atoms with Crippen molar-refractivity contribution in [2.45, 2.75) is 25.0 Å². The highest BCUT2D eigenvalue weighted by atomic mass is 32.2. The standard InChI is InChI=1S/C21H22N4OS/c1-16-7-9-18(10-8-16)14-23-20(26)15-27-21-12-11-19(24-25-21)22-13-17-5-3-2-4-6-17/h2-12H,13-15H2,1H3,(H,22,24)(H,23,26). The van der Waals surface area contributed by atoms with E-state index < -0.39 is 0 Å². The average molecular weight is 379 g/mol. The van der Waals surface area contributed by atoms with E-state index in [-0.39, 0.29) is 5.91 Å². The second kappa shape index (κ2) is 9.73. The number of carbonyl (C=O) groups is 1. The van der Waals surface area contributed by atoms with Crippen LogP contribution in [0.4, 0.5) is 5.82 Å². The molecule has 1 heterocycles. The topological polar surface area (TPSA) is 66.9 Å². The minimum absolute atomic E-state index is 0.0198. The summed E-state index contributed by atoms with van der Waals surface area (Å²) in [6.07, 6.45) is 0. The van der Waals surface area contributed by atoms with E-state index in [1.165, 1.54) is 22.9 Å². The molecular weight excluding hydrogens is 356 g/mol. The van der Waals surface area contributed by atoms with Crippen molar-refractivity contribution >= 4 is 23.5 Å². The van der Waals surface area contributed by atoms with Gasteiger partial charge in [0.25, 0.3) is 0 Å². The number of benzene rings is 2. The Morgan fingerprint density at radius 3 is 2.33 bits per heavy atom. The van der Waals surface area contributed by atoms with Crippen molar-refractivity contribution in [1.29, 1.82) is 0 Å². The average Bonchev–Trinajstić information content (AvgIpc) is 2.72. The molecule has 0 saturated carbocycles. The molecule has 0 aliphatic rings. The molecule has 0 bridgehead atoms. The largest absolute Gasteiger partial charge is 0.365 e. The molecular formula is C21H22N4OS. The SMILES string of the molecule is Cc1ccc(CNC(=O)CSc2ccc(NCc3ccccc3)nn2)cc1. The van der Waals surface area contributed by atoms with E-state index in [1.807, 2.05) is 61.5 Å². The van der Waals surface area contributed by atoms with Crippen molar-refractivity contribution < 1.29 is 4.79 Å². The Balaban J connectivity index is 1.40. The highest BCUT2D eigenvalue weighted by molar-refractivity contribution is 7.99. The first-order valence-corrected chi connectivity index (χ1v) is 9.74. The zero-order chi connectivity index (χ0) is 18.9. The maximum absolute atomic E-state index is 12.0. The normalized spacial score (nSPS) is 10.4. The summed E-state index contributed by atoms with van der Waals surface area (Å²) in [5.74, 6) is 1.01. The zero-order valence-corrected chi connectivity index (χ0v) is 16.0. The van der Waals surface area contributed by atoms with Crippen LogP contribution >= 0.6 is 11.8 Å². The Bertz CT molecular complexity index is 852. The van der Waals surface area contributed by atoms with Crippen LogP contribution in [0.25, 0.3) is 0 Å². The number of rotatable bonds is 8. The number of nitrogens with zero attached hydrogens (tertiary/aromatic N) is 2. The Labute approximate surface area is 163 Å². The van der Waals surface area contributed by atoms with E-state index in [4.69, 9.17) is 0 Å². The number of aromatic nitrogens is 2. The van der Waals surface area contributed by atoms with E-state index in [1.54, 1.807) is 0 Å². The molecule has 0 fully saturated rings. The van der Waals surface area contributed by atoms with E-state index >= 15 is 0 Å². The third-order valence-corrected chi connectivity index (χ3v) is 4.84. The number of hydrogen-bond acceptors (Lipinski definition) is 5. The zero-order valence-electron chi connectivity index (χ0n) is 15.2. The van der Waals surface area contributed by atoms with E-state index in [0.29, 0.717) is 24.7 Å². The Morgan fingerprint density at radius 1 is 0.889 bits per heavy atom. The number of amides is 1. The van der Waals surface area contributed by atoms with Gasteiger partial charge in [-0.05, 0) is 30.2 Å². The molecule has 0 aliphatic carbocycles. The van der Waals surface area contributed by atoms with Gasteiger partial charge in [-0.15, -0.1) is 10.2 Å². The maximum Gasteiger partial charge on any atom is 0.230 e. The third kappa shape index (κ3) is 6.42. The minimum Gasteiger partial charge on any atom is -0.365 e. The molecule has 3 aromatic rings. The van der Waals surface area contributed by atoms with Gasteiger partial charge in [0.2, 0.25) is 5.91 Å². The fourth-order valence-electron chi connectivity index (χ4n) is 2.38. The lowest BCUT2D eigenvalue weighted by atomic mass is 10.1. The lowest BCUT2D eigenvalue weighted by molar-refractivity contribution is -0.118. The second-order valence-electron chi connectivity index (χ2n) is 6.15. The van der Waals surface area contributed by atoms with Gasteiger partial charge in [0.15, 0.2) is 0 Å². The van der Waals surface area contributed by atoms with Crippen LogP contribution < -0.4 is 10.6 Å². The molecule has 27 heavy (non-hydrogen) atoms. The first-order chi connectivity index (χ1) is 13.2. The van der Waals surface area contributed by atoms with Gasteiger partial charge >= 0.3 is 0 Å². The molecule has 0 radical (unpaired) electrons. The van der Waals surface area contributed by atoms with Gasteiger partial charge in [-0.1, -0.05) is 71.9 Å². The summed E-state index contributed by atoms with van der Waals surface area (Å²) in [5, 5.41) is 15.2. The van der Waals surface area contributed by atoms with Crippen LogP contribution in [0.15, 0.2) is 71.8 Å². The quantitative estimate of drug-likeness (QED) is 0.584. The molecule has 3 rings (SSSR count). The molecule has 0 spiro atoms.